The first-order valence-corrected chi connectivity index (χ1v) is 8.19. The van der Waals surface area contributed by atoms with E-state index in [0.717, 1.165) is 42.0 Å². The van der Waals surface area contributed by atoms with E-state index < -0.39 is 6.10 Å². The second kappa shape index (κ2) is 6.45. The number of benzene rings is 2. The van der Waals surface area contributed by atoms with Crippen molar-refractivity contribution in [2.75, 3.05) is 11.4 Å². The predicted octanol–water partition coefficient (Wildman–Crippen LogP) is 4.05. The first-order valence-electron chi connectivity index (χ1n) is 8.19. The Hall–Kier alpha value is -2.29. The van der Waals surface area contributed by atoms with Crippen molar-refractivity contribution >= 4 is 11.6 Å². The van der Waals surface area contributed by atoms with Crippen LogP contribution < -0.4 is 9.64 Å². The summed E-state index contributed by atoms with van der Waals surface area (Å²) in [6, 6.07) is 14.2. The van der Waals surface area contributed by atoms with Crippen molar-refractivity contribution in [2.24, 2.45) is 0 Å². The van der Waals surface area contributed by atoms with Gasteiger partial charge in [0.05, 0.1) is 0 Å². The molecular weight excluding hydrogens is 286 g/mol. The van der Waals surface area contributed by atoms with Crippen molar-refractivity contribution in [2.45, 2.75) is 39.7 Å². The van der Waals surface area contributed by atoms with Crippen LogP contribution in [0, 0.1) is 13.8 Å². The zero-order valence-corrected chi connectivity index (χ0v) is 14.0. The number of para-hydroxylation sites is 1. The normalized spacial score (nSPS) is 15.0. The van der Waals surface area contributed by atoms with Crippen molar-refractivity contribution in [3.8, 4) is 5.75 Å². The Kier molecular flexibility index (Phi) is 4.37. The highest BCUT2D eigenvalue weighted by atomic mass is 16.5. The molecule has 1 atom stereocenters. The summed E-state index contributed by atoms with van der Waals surface area (Å²) in [5.74, 6) is 0.782. The number of aryl methyl sites for hydroxylation is 3. The third-order valence-corrected chi connectivity index (χ3v) is 4.23. The highest BCUT2D eigenvalue weighted by Crippen LogP contribution is 2.28. The van der Waals surface area contributed by atoms with E-state index in [1.807, 2.05) is 56.0 Å². The Morgan fingerprint density at radius 2 is 1.83 bits per heavy atom. The summed E-state index contributed by atoms with van der Waals surface area (Å²) in [5, 5.41) is 0. The van der Waals surface area contributed by atoms with E-state index in [2.05, 4.69) is 12.1 Å². The lowest BCUT2D eigenvalue weighted by Crippen LogP contribution is -2.43. The van der Waals surface area contributed by atoms with Gasteiger partial charge in [-0.15, -0.1) is 0 Å². The molecule has 23 heavy (non-hydrogen) atoms. The Balaban J connectivity index is 1.78. The van der Waals surface area contributed by atoms with Gasteiger partial charge in [-0.25, -0.2) is 0 Å². The topological polar surface area (TPSA) is 29.5 Å². The summed E-state index contributed by atoms with van der Waals surface area (Å²) in [5.41, 5.74) is 4.55. The SMILES string of the molecule is Cc1cc(C)cc(O[C@H](C)C(=O)N2CCCc3ccccc32)c1. The fourth-order valence-corrected chi connectivity index (χ4v) is 3.24. The van der Waals surface area contributed by atoms with Gasteiger partial charge in [-0.1, -0.05) is 24.3 Å². The third kappa shape index (κ3) is 3.39. The number of ether oxygens (including phenoxy) is 1. The van der Waals surface area contributed by atoms with Gasteiger partial charge < -0.3 is 9.64 Å². The average Bonchev–Trinajstić information content (AvgIpc) is 2.52. The molecule has 2 aromatic rings. The van der Waals surface area contributed by atoms with Crippen molar-refractivity contribution < 1.29 is 9.53 Å². The minimum Gasteiger partial charge on any atom is -0.481 e. The van der Waals surface area contributed by atoms with E-state index in [0.29, 0.717) is 0 Å². The van der Waals surface area contributed by atoms with Gasteiger partial charge in [0, 0.05) is 12.2 Å². The Morgan fingerprint density at radius 3 is 2.57 bits per heavy atom. The Morgan fingerprint density at radius 1 is 1.13 bits per heavy atom. The second-order valence-electron chi connectivity index (χ2n) is 6.31. The van der Waals surface area contributed by atoms with Crippen LogP contribution in [0.5, 0.6) is 5.75 Å². The zero-order chi connectivity index (χ0) is 16.4. The molecule has 0 spiro atoms. The molecule has 0 bridgehead atoms. The molecule has 0 saturated heterocycles. The molecule has 3 rings (SSSR count). The van der Waals surface area contributed by atoms with Crippen LogP contribution in [0.3, 0.4) is 0 Å². The number of carbonyl (C=O) groups excluding carboxylic acids is 1. The number of rotatable bonds is 3. The van der Waals surface area contributed by atoms with E-state index in [1.54, 1.807) is 0 Å². The van der Waals surface area contributed by atoms with Gasteiger partial charge >= 0.3 is 0 Å². The molecule has 3 heteroatoms. The van der Waals surface area contributed by atoms with Gasteiger partial charge in [0.25, 0.3) is 5.91 Å². The highest BCUT2D eigenvalue weighted by Gasteiger charge is 2.27. The molecule has 1 aliphatic heterocycles. The van der Waals surface area contributed by atoms with Crippen LogP contribution in [0.2, 0.25) is 0 Å². The van der Waals surface area contributed by atoms with Crippen molar-refractivity contribution in [3.05, 3.63) is 59.2 Å². The maximum atomic E-state index is 12.8. The van der Waals surface area contributed by atoms with E-state index in [-0.39, 0.29) is 5.91 Å². The van der Waals surface area contributed by atoms with Crippen LogP contribution in [0.1, 0.15) is 30.0 Å². The molecule has 2 aromatic carbocycles. The largest absolute Gasteiger partial charge is 0.481 e. The first-order chi connectivity index (χ1) is 11.0. The molecular formula is C20H23NO2. The molecule has 1 aliphatic rings. The monoisotopic (exact) mass is 309 g/mol. The summed E-state index contributed by atoms with van der Waals surface area (Å²) in [4.78, 5) is 14.7. The number of hydrogen-bond acceptors (Lipinski definition) is 2. The van der Waals surface area contributed by atoms with E-state index in [1.165, 1.54) is 5.56 Å². The number of hydrogen-bond donors (Lipinski definition) is 0. The van der Waals surface area contributed by atoms with Crippen molar-refractivity contribution in [1.82, 2.24) is 0 Å². The van der Waals surface area contributed by atoms with Crippen molar-refractivity contribution in [1.29, 1.82) is 0 Å². The Bertz CT molecular complexity index is 703. The van der Waals surface area contributed by atoms with E-state index in [9.17, 15) is 4.79 Å². The summed E-state index contributed by atoms with van der Waals surface area (Å²) in [6.45, 7) is 6.66. The summed E-state index contributed by atoms with van der Waals surface area (Å²) >= 11 is 0. The summed E-state index contributed by atoms with van der Waals surface area (Å²) < 4.78 is 5.91. The minimum atomic E-state index is -0.498. The molecule has 0 fully saturated rings. The quantitative estimate of drug-likeness (QED) is 0.856. The van der Waals surface area contributed by atoms with Crippen LogP contribution in [0.15, 0.2) is 42.5 Å². The number of nitrogens with zero attached hydrogens (tertiary/aromatic N) is 1. The van der Waals surface area contributed by atoms with Crippen LogP contribution >= 0.6 is 0 Å². The highest BCUT2D eigenvalue weighted by molar-refractivity contribution is 5.97. The first kappa shape index (κ1) is 15.6. The molecule has 120 valence electrons. The molecule has 0 aromatic heterocycles. The maximum absolute atomic E-state index is 12.8. The Labute approximate surface area is 137 Å². The summed E-state index contributed by atoms with van der Waals surface area (Å²) in [6.07, 6.45) is 1.54. The van der Waals surface area contributed by atoms with Gasteiger partial charge in [-0.3, -0.25) is 4.79 Å². The third-order valence-electron chi connectivity index (χ3n) is 4.23. The van der Waals surface area contributed by atoms with Crippen LogP contribution in [0.25, 0.3) is 0 Å². The molecule has 1 heterocycles. The van der Waals surface area contributed by atoms with Gasteiger partial charge in [0.2, 0.25) is 0 Å². The fraction of sp³-hybridized carbons (Fsp3) is 0.350. The number of fused-ring (bicyclic) bond motifs is 1. The van der Waals surface area contributed by atoms with Crippen molar-refractivity contribution in [3.63, 3.8) is 0 Å². The van der Waals surface area contributed by atoms with Crippen LogP contribution in [-0.4, -0.2) is 18.6 Å². The molecule has 0 N–H and O–H groups in total. The van der Waals surface area contributed by atoms with Gasteiger partial charge in [-0.05, 0) is 68.5 Å². The molecule has 0 radical (unpaired) electrons. The molecule has 0 saturated carbocycles. The second-order valence-corrected chi connectivity index (χ2v) is 6.31. The lowest BCUT2D eigenvalue weighted by molar-refractivity contribution is -0.124. The smallest absolute Gasteiger partial charge is 0.267 e. The molecule has 0 unspecified atom stereocenters. The number of carbonyl (C=O) groups is 1. The zero-order valence-electron chi connectivity index (χ0n) is 14.0. The average molecular weight is 309 g/mol. The molecule has 1 amide bonds. The van der Waals surface area contributed by atoms with Gasteiger partial charge in [0.15, 0.2) is 6.10 Å². The predicted molar refractivity (Wildman–Crippen MR) is 93.1 cm³/mol. The lowest BCUT2D eigenvalue weighted by atomic mass is 10.0. The minimum absolute atomic E-state index is 0.0244. The number of amides is 1. The van der Waals surface area contributed by atoms with E-state index >= 15 is 0 Å². The van der Waals surface area contributed by atoms with Crippen LogP contribution in [0.4, 0.5) is 5.69 Å². The van der Waals surface area contributed by atoms with Gasteiger partial charge in [0.1, 0.15) is 5.75 Å². The molecule has 0 aliphatic carbocycles. The lowest BCUT2D eigenvalue weighted by Gasteiger charge is -2.31. The standard InChI is InChI=1S/C20H23NO2/c1-14-11-15(2)13-18(12-14)23-16(3)20(22)21-10-6-8-17-7-4-5-9-19(17)21/h4-5,7,9,11-13,16H,6,8,10H2,1-3H3/t16-/m1/s1. The van der Waals surface area contributed by atoms with Gasteiger partial charge in [-0.2, -0.15) is 0 Å². The molecule has 3 nitrogen and oxygen atoms in total. The number of anilines is 1. The maximum Gasteiger partial charge on any atom is 0.267 e. The van der Waals surface area contributed by atoms with Crippen LogP contribution in [-0.2, 0) is 11.2 Å². The summed E-state index contributed by atoms with van der Waals surface area (Å²) in [7, 11) is 0. The van der Waals surface area contributed by atoms with E-state index in [4.69, 9.17) is 4.74 Å². The fourth-order valence-electron chi connectivity index (χ4n) is 3.24.